The lowest BCUT2D eigenvalue weighted by atomic mass is 9.94. The lowest BCUT2D eigenvalue weighted by Crippen LogP contribution is -2.30. The maximum atomic E-state index is 10.3. The Balaban J connectivity index is 2.00. The maximum absolute atomic E-state index is 10.3. The average molecular weight is 304 g/mol. The Hall–Kier alpha value is -2.60. The third kappa shape index (κ3) is 2.37. The van der Waals surface area contributed by atoms with E-state index in [2.05, 4.69) is 0 Å². The Morgan fingerprint density at radius 2 is 1.86 bits per heavy atom. The van der Waals surface area contributed by atoms with Crippen LogP contribution in [-0.2, 0) is 6.42 Å². The lowest BCUT2D eigenvalue weighted by Gasteiger charge is -2.31. The summed E-state index contributed by atoms with van der Waals surface area (Å²) in [5, 5.41) is 39.0. The lowest BCUT2D eigenvalue weighted by molar-refractivity contribution is 0.0197. The van der Waals surface area contributed by atoms with Crippen LogP contribution in [0.2, 0.25) is 0 Å². The molecule has 2 atom stereocenters. The summed E-state index contributed by atoms with van der Waals surface area (Å²) >= 11 is 0. The Morgan fingerprint density at radius 1 is 1.09 bits per heavy atom. The molecular weight excluding hydrogens is 288 g/mol. The van der Waals surface area contributed by atoms with Gasteiger partial charge in [0.25, 0.3) is 0 Å². The second kappa shape index (κ2) is 5.31. The fourth-order valence-electron chi connectivity index (χ4n) is 2.63. The number of aliphatic hydroxyl groups excluding tert-OH is 1. The first kappa shape index (κ1) is 14.3. The molecule has 0 amide bonds. The summed E-state index contributed by atoms with van der Waals surface area (Å²) in [5.41, 5.74) is 1.20. The van der Waals surface area contributed by atoms with E-state index in [1.54, 1.807) is 6.07 Å². The molecule has 2 aromatic rings. The number of hydrogen-bond acceptors (Lipinski definition) is 6. The molecule has 2 aromatic carbocycles. The molecule has 3 rings (SSSR count). The van der Waals surface area contributed by atoms with Crippen LogP contribution in [0.15, 0.2) is 30.3 Å². The minimum Gasteiger partial charge on any atom is -0.508 e. The molecule has 2 unspecified atom stereocenters. The molecule has 0 spiro atoms. The van der Waals surface area contributed by atoms with Gasteiger partial charge in [-0.1, -0.05) is 6.07 Å². The highest BCUT2D eigenvalue weighted by Crippen LogP contribution is 2.43. The summed E-state index contributed by atoms with van der Waals surface area (Å²) in [7, 11) is 1.48. The number of hydrogen-bond donors (Lipinski definition) is 4. The standard InChI is InChI=1S/C16H16O6/c1-21-14-5-9(17)6-15-10(14)7-13(20)16(22-15)8-2-3-11(18)12(19)4-8/h2-6,13,16-20H,7H2,1H3. The number of ether oxygens (including phenoxy) is 2. The van der Waals surface area contributed by atoms with Crippen molar-refractivity contribution in [3.8, 4) is 28.7 Å². The van der Waals surface area contributed by atoms with Crippen LogP contribution in [0.25, 0.3) is 0 Å². The highest BCUT2D eigenvalue weighted by Gasteiger charge is 2.32. The van der Waals surface area contributed by atoms with Crippen molar-refractivity contribution >= 4 is 0 Å². The van der Waals surface area contributed by atoms with Gasteiger partial charge in [0.15, 0.2) is 11.5 Å². The van der Waals surface area contributed by atoms with E-state index in [0.717, 1.165) is 0 Å². The predicted octanol–water partition coefficient (Wildman–Crippen LogP) is 1.85. The van der Waals surface area contributed by atoms with Crippen LogP contribution in [0.3, 0.4) is 0 Å². The van der Waals surface area contributed by atoms with Crippen LogP contribution in [0.4, 0.5) is 0 Å². The van der Waals surface area contributed by atoms with Crippen molar-refractivity contribution in [1.82, 2.24) is 0 Å². The van der Waals surface area contributed by atoms with Crippen LogP contribution in [0.5, 0.6) is 28.7 Å². The van der Waals surface area contributed by atoms with E-state index in [0.29, 0.717) is 22.6 Å². The first-order valence-corrected chi connectivity index (χ1v) is 6.76. The fourth-order valence-corrected chi connectivity index (χ4v) is 2.63. The van der Waals surface area contributed by atoms with Crippen molar-refractivity contribution in [2.24, 2.45) is 0 Å². The van der Waals surface area contributed by atoms with Crippen LogP contribution in [0, 0.1) is 0 Å². The van der Waals surface area contributed by atoms with Gasteiger partial charge in [-0.3, -0.25) is 0 Å². The highest BCUT2D eigenvalue weighted by molar-refractivity contribution is 5.52. The smallest absolute Gasteiger partial charge is 0.157 e. The van der Waals surface area contributed by atoms with Gasteiger partial charge in [-0.25, -0.2) is 0 Å². The third-order valence-corrected chi connectivity index (χ3v) is 3.72. The molecule has 6 nitrogen and oxygen atoms in total. The molecule has 1 heterocycles. The number of methoxy groups -OCH3 is 1. The normalized spacial score (nSPS) is 20.1. The Bertz CT molecular complexity index is 712. The summed E-state index contributed by atoms with van der Waals surface area (Å²) in [6.45, 7) is 0. The second-order valence-electron chi connectivity index (χ2n) is 5.18. The summed E-state index contributed by atoms with van der Waals surface area (Å²) in [4.78, 5) is 0. The van der Waals surface area contributed by atoms with E-state index in [-0.39, 0.29) is 23.7 Å². The molecule has 6 heteroatoms. The summed E-state index contributed by atoms with van der Waals surface area (Å²) in [6.07, 6.45) is -1.29. The van der Waals surface area contributed by atoms with E-state index in [4.69, 9.17) is 9.47 Å². The number of benzene rings is 2. The van der Waals surface area contributed by atoms with Gasteiger partial charge in [-0.15, -0.1) is 0 Å². The number of aromatic hydroxyl groups is 3. The highest BCUT2D eigenvalue weighted by atomic mass is 16.5. The van der Waals surface area contributed by atoms with Crippen LogP contribution < -0.4 is 9.47 Å². The average Bonchev–Trinajstić information content (AvgIpc) is 2.49. The number of phenolic OH excluding ortho intramolecular Hbond substituents is 3. The summed E-state index contributed by atoms with van der Waals surface area (Å²) in [6, 6.07) is 7.15. The minimum atomic E-state index is -0.852. The maximum Gasteiger partial charge on any atom is 0.157 e. The van der Waals surface area contributed by atoms with Crippen molar-refractivity contribution in [2.75, 3.05) is 7.11 Å². The monoisotopic (exact) mass is 304 g/mol. The topological polar surface area (TPSA) is 99.4 Å². The Morgan fingerprint density at radius 3 is 2.55 bits per heavy atom. The predicted molar refractivity (Wildman–Crippen MR) is 77.5 cm³/mol. The van der Waals surface area contributed by atoms with Gasteiger partial charge in [-0.05, 0) is 17.7 Å². The molecule has 116 valence electrons. The fraction of sp³-hybridized carbons (Fsp3) is 0.250. The zero-order valence-corrected chi connectivity index (χ0v) is 11.9. The van der Waals surface area contributed by atoms with Gasteiger partial charge < -0.3 is 29.9 Å². The third-order valence-electron chi connectivity index (χ3n) is 3.72. The molecule has 0 bridgehead atoms. The minimum absolute atomic E-state index is 0.000654. The zero-order chi connectivity index (χ0) is 15.9. The van der Waals surface area contributed by atoms with Crippen molar-refractivity contribution < 1.29 is 29.9 Å². The zero-order valence-electron chi connectivity index (χ0n) is 11.9. The molecule has 0 saturated heterocycles. The van der Waals surface area contributed by atoms with Gasteiger partial charge in [0.2, 0.25) is 0 Å². The summed E-state index contributed by atoms with van der Waals surface area (Å²) in [5.74, 6) is 0.335. The van der Waals surface area contributed by atoms with E-state index in [1.807, 2.05) is 0 Å². The van der Waals surface area contributed by atoms with E-state index < -0.39 is 12.2 Å². The molecule has 0 aliphatic carbocycles. The van der Waals surface area contributed by atoms with E-state index in [9.17, 15) is 20.4 Å². The SMILES string of the molecule is COc1cc(O)cc2c1CC(O)C(c1ccc(O)c(O)c1)O2. The largest absolute Gasteiger partial charge is 0.508 e. The Kier molecular flexibility index (Phi) is 3.46. The molecule has 22 heavy (non-hydrogen) atoms. The first-order chi connectivity index (χ1) is 10.5. The number of aliphatic hydroxyl groups is 1. The molecule has 1 aliphatic heterocycles. The molecule has 0 saturated carbocycles. The van der Waals surface area contributed by atoms with Crippen molar-refractivity contribution in [3.05, 3.63) is 41.5 Å². The molecule has 0 aromatic heterocycles. The van der Waals surface area contributed by atoms with Gasteiger partial charge >= 0.3 is 0 Å². The number of rotatable bonds is 2. The number of fused-ring (bicyclic) bond motifs is 1. The van der Waals surface area contributed by atoms with Crippen LogP contribution in [0.1, 0.15) is 17.2 Å². The molecule has 0 radical (unpaired) electrons. The van der Waals surface area contributed by atoms with Gasteiger partial charge in [0, 0.05) is 24.1 Å². The van der Waals surface area contributed by atoms with Gasteiger partial charge in [0.05, 0.1) is 13.2 Å². The molecule has 1 aliphatic rings. The van der Waals surface area contributed by atoms with Crippen molar-refractivity contribution in [2.45, 2.75) is 18.6 Å². The quantitative estimate of drug-likeness (QED) is 0.632. The van der Waals surface area contributed by atoms with Crippen LogP contribution >= 0.6 is 0 Å². The summed E-state index contributed by atoms with van der Waals surface area (Å²) < 4.78 is 11.0. The molecular formula is C16H16O6. The van der Waals surface area contributed by atoms with E-state index >= 15 is 0 Å². The Labute approximate surface area is 126 Å². The van der Waals surface area contributed by atoms with Crippen molar-refractivity contribution in [1.29, 1.82) is 0 Å². The number of phenols is 3. The van der Waals surface area contributed by atoms with Crippen molar-refractivity contribution in [3.63, 3.8) is 0 Å². The molecule has 0 fully saturated rings. The van der Waals surface area contributed by atoms with E-state index in [1.165, 1.54) is 31.4 Å². The molecule has 4 N–H and O–H groups in total. The van der Waals surface area contributed by atoms with Crippen LogP contribution in [-0.4, -0.2) is 33.6 Å². The second-order valence-corrected chi connectivity index (χ2v) is 5.18. The van der Waals surface area contributed by atoms with Gasteiger partial charge in [-0.2, -0.15) is 0 Å². The van der Waals surface area contributed by atoms with Gasteiger partial charge in [0.1, 0.15) is 23.4 Å². The first-order valence-electron chi connectivity index (χ1n) is 6.76.